The fourth-order valence-electron chi connectivity index (χ4n) is 2.16. The molecule has 0 radical (unpaired) electrons. The lowest BCUT2D eigenvalue weighted by Crippen LogP contribution is -2.43. The number of nitrogens with zero attached hydrogens (tertiary/aromatic N) is 4. The molecule has 0 spiro atoms. The highest BCUT2D eigenvalue weighted by Crippen LogP contribution is 2.31. The van der Waals surface area contributed by atoms with E-state index in [0.717, 1.165) is 27.4 Å². The fourth-order valence-corrected chi connectivity index (χ4v) is 3.51. The lowest BCUT2D eigenvalue weighted by atomic mass is 10.2. The average molecular weight is 465 g/mol. The molecule has 0 aromatic carbocycles. The number of esters is 1. The van der Waals surface area contributed by atoms with Crippen molar-refractivity contribution < 1.29 is 45.4 Å². The summed E-state index contributed by atoms with van der Waals surface area (Å²) in [5.41, 5.74) is 2.59. The molecule has 2 rings (SSSR count). The van der Waals surface area contributed by atoms with Gasteiger partial charge in [0.2, 0.25) is 11.8 Å². The van der Waals surface area contributed by atoms with Gasteiger partial charge in [-0.05, 0) is 12.1 Å². The highest BCUT2D eigenvalue weighted by molar-refractivity contribution is 7.93. The zero-order chi connectivity index (χ0) is 23.6. The molecule has 0 bridgehead atoms. The van der Waals surface area contributed by atoms with Crippen molar-refractivity contribution in [3.63, 3.8) is 0 Å². The number of sulfonamides is 1. The molecule has 16 heteroatoms. The molecule has 168 valence electrons. The van der Waals surface area contributed by atoms with Gasteiger partial charge in [-0.15, -0.1) is 4.31 Å². The summed E-state index contributed by atoms with van der Waals surface area (Å²) in [6.07, 6.45) is -5.08. The Labute approximate surface area is 172 Å². The van der Waals surface area contributed by atoms with Crippen molar-refractivity contribution in [1.82, 2.24) is 15.0 Å². The van der Waals surface area contributed by atoms with Crippen LogP contribution in [0.4, 0.5) is 23.9 Å². The van der Waals surface area contributed by atoms with Crippen LogP contribution in [0.3, 0.4) is 0 Å². The number of rotatable bonds is 6. The second-order valence-corrected chi connectivity index (χ2v) is 7.10. The predicted octanol–water partition coefficient (Wildman–Crippen LogP) is 0.968. The Hall–Kier alpha value is -3.69. The number of anilines is 1. The van der Waals surface area contributed by atoms with Gasteiger partial charge < -0.3 is 19.9 Å². The molecule has 2 aromatic rings. The predicted molar refractivity (Wildman–Crippen MR) is 95.0 cm³/mol. The van der Waals surface area contributed by atoms with Crippen molar-refractivity contribution in [3.05, 3.63) is 29.5 Å². The van der Waals surface area contributed by atoms with Crippen LogP contribution in [0.25, 0.3) is 0 Å². The molecule has 0 unspecified atom stereocenters. The Morgan fingerprint density at radius 3 is 2.00 bits per heavy atom. The molecule has 0 saturated carbocycles. The fraction of sp³-hybridized carbons (Fsp3) is 0.267. The lowest BCUT2D eigenvalue weighted by molar-refractivity contribution is -0.141. The van der Waals surface area contributed by atoms with E-state index in [4.69, 9.17) is 15.2 Å². The van der Waals surface area contributed by atoms with Gasteiger partial charge in [-0.3, -0.25) is 0 Å². The lowest BCUT2D eigenvalue weighted by Gasteiger charge is -2.20. The van der Waals surface area contributed by atoms with Gasteiger partial charge in [-0.1, -0.05) is 0 Å². The molecule has 0 aliphatic rings. The standard InChI is InChI=1S/C15H14F3N5O7S/c1-28-9-6-10(29-2)22-14(21-9)23(13(19)25)31(26,27)11-7(12(24)30-3)4-5-8(20-11)15(16,17)18/h4-6H,1-3H3,(H2,19,25). The molecule has 31 heavy (non-hydrogen) atoms. The Bertz CT molecular complexity index is 1100. The maximum absolute atomic E-state index is 13.1. The van der Waals surface area contributed by atoms with Crippen LogP contribution < -0.4 is 19.5 Å². The molecule has 2 amide bonds. The third-order valence-corrected chi connectivity index (χ3v) is 5.13. The monoisotopic (exact) mass is 465 g/mol. The Balaban J connectivity index is 2.84. The van der Waals surface area contributed by atoms with Crippen molar-refractivity contribution >= 4 is 28.0 Å². The maximum Gasteiger partial charge on any atom is 0.433 e. The van der Waals surface area contributed by atoms with E-state index in [1.807, 2.05) is 0 Å². The Morgan fingerprint density at radius 1 is 1.03 bits per heavy atom. The van der Waals surface area contributed by atoms with Gasteiger partial charge in [0, 0.05) is 0 Å². The van der Waals surface area contributed by atoms with E-state index in [-0.39, 0.29) is 16.1 Å². The van der Waals surface area contributed by atoms with Gasteiger partial charge in [0.15, 0.2) is 5.03 Å². The number of carbonyl (C=O) groups excluding carboxylic acids is 2. The topological polar surface area (TPSA) is 164 Å². The van der Waals surface area contributed by atoms with Crippen molar-refractivity contribution in [2.24, 2.45) is 5.73 Å². The second-order valence-electron chi connectivity index (χ2n) is 5.40. The van der Waals surface area contributed by atoms with Crippen LogP contribution in [0.5, 0.6) is 11.8 Å². The van der Waals surface area contributed by atoms with Crippen LogP contribution in [0.15, 0.2) is 23.2 Å². The molecule has 0 aliphatic carbocycles. The van der Waals surface area contributed by atoms with E-state index in [9.17, 15) is 31.2 Å². The van der Waals surface area contributed by atoms with E-state index < -0.39 is 50.4 Å². The first-order valence-corrected chi connectivity index (χ1v) is 9.29. The number of halogens is 3. The molecular formula is C15H14F3N5O7S. The van der Waals surface area contributed by atoms with Crippen molar-refractivity contribution in [1.29, 1.82) is 0 Å². The largest absolute Gasteiger partial charge is 0.481 e. The molecular weight excluding hydrogens is 451 g/mol. The zero-order valence-corrected chi connectivity index (χ0v) is 16.8. The van der Waals surface area contributed by atoms with Gasteiger partial charge in [0.1, 0.15) is 5.69 Å². The smallest absolute Gasteiger partial charge is 0.433 e. The van der Waals surface area contributed by atoms with E-state index in [1.165, 1.54) is 0 Å². The maximum atomic E-state index is 13.1. The summed E-state index contributed by atoms with van der Waals surface area (Å²) in [7, 11) is -2.20. The van der Waals surface area contributed by atoms with Crippen LogP contribution in [0.1, 0.15) is 16.1 Å². The minimum Gasteiger partial charge on any atom is -0.481 e. The quantitative estimate of drug-likeness (QED) is 0.608. The number of primary amides is 1. The van der Waals surface area contributed by atoms with Crippen LogP contribution in [-0.4, -0.2) is 56.7 Å². The van der Waals surface area contributed by atoms with Gasteiger partial charge in [0.25, 0.3) is 16.0 Å². The molecule has 12 nitrogen and oxygen atoms in total. The zero-order valence-electron chi connectivity index (χ0n) is 16.0. The number of hydrogen-bond donors (Lipinski definition) is 1. The molecule has 2 aromatic heterocycles. The molecule has 0 atom stereocenters. The van der Waals surface area contributed by atoms with Crippen LogP contribution >= 0.6 is 0 Å². The number of methoxy groups -OCH3 is 3. The Morgan fingerprint density at radius 2 is 1.58 bits per heavy atom. The summed E-state index contributed by atoms with van der Waals surface area (Å²) in [4.78, 5) is 34.3. The average Bonchev–Trinajstić information content (AvgIpc) is 2.71. The minimum absolute atomic E-state index is 0.257. The summed E-state index contributed by atoms with van der Waals surface area (Å²) in [6.45, 7) is 0. The van der Waals surface area contributed by atoms with Gasteiger partial charge >= 0.3 is 18.2 Å². The number of alkyl halides is 3. The van der Waals surface area contributed by atoms with E-state index in [0.29, 0.717) is 12.1 Å². The molecule has 0 saturated heterocycles. The third kappa shape index (κ3) is 4.73. The van der Waals surface area contributed by atoms with Gasteiger partial charge in [-0.25, -0.2) is 14.6 Å². The number of hydrogen-bond acceptors (Lipinski definition) is 10. The normalized spacial score (nSPS) is 11.5. The summed E-state index contributed by atoms with van der Waals surface area (Å²) in [6, 6.07) is 0.300. The molecule has 2 N–H and O–H groups in total. The number of amides is 2. The second kappa shape index (κ2) is 8.58. The highest BCUT2D eigenvalue weighted by atomic mass is 32.2. The number of ether oxygens (including phenoxy) is 3. The molecule has 0 fully saturated rings. The summed E-state index contributed by atoms with van der Waals surface area (Å²) in [5, 5.41) is -1.46. The highest BCUT2D eigenvalue weighted by Gasteiger charge is 2.40. The third-order valence-electron chi connectivity index (χ3n) is 3.51. The van der Waals surface area contributed by atoms with Crippen molar-refractivity contribution in [2.45, 2.75) is 11.2 Å². The first kappa shape index (κ1) is 23.6. The van der Waals surface area contributed by atoms with Crippen molar-refractivity contribution in [2.75, 3.05) is 25.6 Å². The summed E-state index contributed by atoms with van der Waals surface area (Å²) >= 11 is 0. The summed E-state index contributed by atoms with van der Waals surface area (Å²) in [5.74, 6) is -2.81. The van der Waals surface area contributed by atoms with E-state index in [2.05, 4.69) is 19.7 Å². The number of aromatic nitrogens is 3. The van der Waals surface area contributed by atoms with E-state index >= 15 is 0 Å². The van der Waals surface area contributed by atoms with Gasteiger partial charge in [0.05, 0.1) is 33.0 Å². The van der Waals surface area contributed by atoms with Crippen LogP contribution in [0, 0.1) is 0 Å². The molecule has 2 heterocycles. The van der Waals surface area contributed by atoms with E-state index in [1.54, 1.807) is 0 Å². The number of pyridine rings is 1. The number of carbonyl (C=O) groups is 2. The Kier molecular flexibility index (Phi) is 6.53. The SMILES string of the molecule is COC(=O)c1ccc(C(F)(F)F)nc1S(=O)(=O)N(C(N)=O)c1nc(OC)cc(OC)n1. The van der Waals surface area contributed by atoms with Gasteiger partial charge in [-0.2, -0.15) is 31.6 Å². The molecule has 0 aliphatic heterocycles. The number of nitrogens with two attached hydrogens (primary N) is 1. The number of urea groups is 1. The van der Waals surface area contributed by atoms with Crippen LogP contribution in [0.2, 0.25) is 0 Å². The summed E-state index contributed by atoms with van der Waals surface area (Å²) < 4.78 is 79.4. The van der Waals surface area contributed by atoms with Crippen molar-refractivity contribution in [3.8, 4) is 11.8 Å². The first-order valence-electron chi connectivity index (χ1n) is 7.85. The minimum atomic E-state index is -5.36. The van der Waals surface area contributed by atoms with Crippen LogP contribution in [-0.2, 0) is 20.9 Å². The first-order chi connectivity index (χ1) is 14.4.